The Morgan fingerprint density at radius 3 is 2.95 bits per heavy atom. The summed E-state index contributed by atoms with van der Waals surface area (Å²) in [6.45, 7) is 0. The highest BCUT2D eigenvalue weighted by atomic mass is 79.9. The Labute approximate surface area is 126 Å². The number of fused-ring (bicyclic) bond motifs is 3. The Hall–Kier alpha value is -2.48. The van der Waals surface area contributed by atoms with E-state index in [1.807, 2.05) is 25.2 Å². The number of nitrogens with one attached hydrogen (secondary N) is 1. The zero-order valence-electron chi connectivity index (χ0n) is 10.9. The van der Waals surface area contributed by atoms with Crippen LogP contribution in [-0.4, -0.2) is 29.4 Å². The van der Waals surface area contributed by atoms with Crippen LogP contribution in [0.15, 0.2) is 39.9 Å². The van der Waals surface area contributed by atoms with Gasteiger partial charge < -0.3 is 4.98 Å². The van der Waals surface area contributed by atoms with Gasteiger partial charge >= 0.3 is 5.69 Å². The third-order valence-electron chi connectivity index (χ3n) is 3.24. The molecule has 0 amide bonds. The molecule has 0 saturated carbocycles. The van der Waals surface area contributed by atoms with Crippen LogP contribution in [0.5, 0.6) is 0 Å². The van der Waals surface area contributed by atoms with E-state index in [-0.39, 0.29) is 5.69 Å². The number of hydrogen-bond acceptors (Lipinski definition) is 4. The molecule has 0 aliphatic carbocycles. The van der Waals surface area contributed by atoms with Crippen LogP contribution in [0.25, 0.3) is 27.9 Å². The standard InChI is InChI=1S/C13H9BrN6O/c1-19-6-7(5-15-19)11-17-12-10-8(14)3-2-4-9(10)16-13(21)20(12)18-11/h2-6H,1H3,(H,16,21). The van der Waals surface area contributed by atoms with E-state index < -0.39 is 0 Å². The molecule has 0 saturated heterocycles. The molecule has 0 spiro atoms. The number of H-pyrrole nitrogens is 1. The van der Waals surface area contributed by atoms with Crippen LogP contribution in [0.3, 0.4) is 0 Å². The second-order valence-corrected chi connectivity index (χ2v) is 5.52. The number of rotatable bonds is 1. The lowest BCUT2D eigenvalue weighted by Crippen LogP contribution is -2.17. The molecule has 4 aromatic rings. The monoisotopic (exact) mass is 344 g/mol. The molecule has 1 N–H and O–H groups in total. The van der Waals surface area contributed by atoms with E-state index in [4.69, 9.17) is 0 Å². The number of aromatic amines is 1. The van der Waals surface area contributed by atoms with Crippen LogP contribution in [0.4, 0.5) is 0 Å². The summed E-state index contributed by atoms with van der Waals surface area (Å²) in [5.74, 6) is 0.469. The highest BCUT2D eigenvalue weighted by molar-refractivity contribution is 9.10. The molecular weight excluding hydrogens is 336 g/mol. The first-order chi connectivity index (χ1) is 10.1. The predicted molar refractivity (Wildman–Crippen MR) is 81.0 cm³/mol. The first kappa shape index (κ1) is 12.3. The van der Waals surface area contributed by atoms with E-state index in [2.05, 4.69) is 36.1 Å². The summed E-state index contributed by atoms with van der Waals surface area (Å²) in [6.07, 6.45) is 3.47. The van der Waals surface area contributed by atoms with Crippen LogP contribution >= 0.6 is 15.9 Å². The molecule has 7 nitrogen and oxygen atoms in total. The van der Waals surface area contributed by atoms with Crippen molar-refractivity contribution in [2.75, 3.05) is 0 Å². The van der Waals surface area contributed by atoms with Crippen molar-refractivity contribution in [2.45, 2.75) is 0 Å². The van der Waals surface area contributed by atoms with Gasteiger partial charge in [0.25, 0.3) is 0 Å². The molecule has 0 atom stereocenters. The molecule has 8 heteroatoms. The van der Waals surface area contributed by atoms with Crippen LogP contribution in [0.2, 0.25) is 0 Å². The maximum Gasteiger partial charge on any atom is 0.348 e. The van der Waals surface area contributed by atoms with Gasteiger partial charge in [-0.3, -0.25) is 4.68 Å². The second-order valence-electron chi connectivity index (χ2n) is 4.67. The fourth-order valence-corrected chi connectivity index (χ4v) is 2.84. The molecule has 0 fully saturated rings. The Kier molecular flexibility index (Phi) is 2.49. The summed E-state index contributed by atoms with van der Waals surface area (Å²) in [4.78, 5) is 19.4. The Morgan fingerprint density at radius 1 is 1.33 bits per heavy atom. The lowest BCUT2D eigenvalue weighted by molar-refractivity contribution is 0.768. The number of hydrogen-bond donors (Lipinski definition) is 1. The fraction of sp³-hybridized carbons (Fsp3) is 0.0769. The average Bonchev–Trinajstić information content (AvgIpc) is 3.05. The molecule has 104 valence electrons. The average molecular weight is 345 g/mol. The summed E-state index contributed by atoms with van der Waals surface area (Å²) in [7, 11) is 1.82. The van der Waals surface area contributed by atoms with Gasteiger partial charge in [-0.25, -0.2) is 9.78 Å². The van der Waals surface area contributed by atoms with Crippen molar-refractivity contribution in [3.8, 4) is 11.4 Å². The van der Waals surface area contributed by atoms with Crippen molar-refractivity contribution in [1.82, 2.24) is 29.4 Å². The smallest absolute Gasteiger partial charge is 0.305 e. The van der Waals surface area contributed by atoms with Gasteiger partial charge in [0.15, 0.2) is 11.5 Å². The van der Waals surface area contributed by atoms with Crippen LogP contribution in [0, 0.1) is 0 Å². The lowest BCUT2D eigenvalue weighted by Gasteiger charge is -2.00. The van der Waals surface area contributed by atoms with Gasteiger partial charge in [-0.2, -0.15) is 9.61 Å². The minimum Gasteiger partial charge on any atom is -0.305 e. The van der Waals surface area contributed by atoms with Gasteiger partial charge in [0.1, 0.15) is 0 Å². The predicted octanol–water partition coefficient (Wildman–Crippen LogP) is 1.73. The Morgan fingerprint density at radius 2 is 2.19 bits per heavy atom. The molecular formula is C13H9BrN6O. The van der Waals surface area contributed by atoms with Crippen LogP contribution in [0.1, 0.15) is 0 Å². The number of nitrogens with zero attached hydrogens (tertiary/aromatic N) is 5. The first-order valence-electron chi connectivity index (χ1n) is 6.20. The number of benzene rings is 1. The molecule has 3 heterocycles. The van der Waals surface area contributed by atoms with Crippen molar-refractivity contribution in [1.29, 1.82) is 0 Å². The highest BCUT2D eigenvalue weighted by Crippen LogP contribution is 2.26. The molecule has 21 heavy (non-hydrogen) atoms. The Bertz CT molecular complexity index is 1040. The van der Waals surface area contributed by atoms with Crippen molar-refractivity contribution >= 4 is 32.5 Å². The van der Waals surface area contributed by atoms with Gasteiger partial charge in [-0.1, -0.05) is 6.07 Å². The molecule has 1 aromatic carbocycles. The summed E-state index contributed by atoms with van der Waals surface area (Å²) < 4.78 is 3.79. The first-order valence-corrected chi connectivity index (χ1v) is 6.99. The molecule has 0 bridgehead atoms. The lowest BCUT2D eigenvalue weighted by atomic mass is 10.2. The third kappa shape index (κ3) is 1.79. The zero-order chi connectivity index (χ0) is 14.6. The topological polar surface area (TPSA) is 80.9 Å². The van der Waals surface area contributed by atoms with E-state index in [0.29, 0.717) is 17.0 Å². The van der Waals surface area contributed by atoms with Crippen molar-refractivity contribution in [2.24, 2.45) is 7.05 Å². The maximum atomic E-state index is 12.1. The number of aromatic nitrogens is 6. The second kappa shape index (κ2) is 4.26. The largest absolute Gasteiger partial charge is 0.348 e. The summed E-state index contributed by atoms with van der Waals surface area (Å²) in [6, 6.07) is 5.59. The molecule has 0 unspecified atom stereocenters. The van der Waals surface area contributed by atoms with Gasteiger partial charge in [-0.15, -0.1) is 5.10 Å². The number of halogens is 1. The molecule has 4 rings (SSSR count). The molecule has 0 radical (unpaired) electrons. The minimum atomic E-state index is -0.321. The minimum absolute atomic E-state index is 0.321. The molecule has 0 aliphatic heterocycles. The highest BCUT2D eigenvalue weighted by Gasteiger charge is 2.14. The van der Waals surface area contributed by atoms with E-state index >= 15 is 0 Å². The Balaban J connectivity index is 2.13. The normalized spacial score (nSPS) is 11.5. The van der Waals surface area contributed by atoms with Crippen molar-refractivity contribution in [3.05, 3.63) is 45.5 Å². The van der Waals surface area contributed by atoms with E-state index in [1.54, 1.807) is 17.1 Å². The number of aryl methyl sites for hydroxylation is 1. The van der Waals surface area contributed by atoms with E-state index in [9.17, 15) is 4.79 Å². The van der Waals surface area contributed by atoms with Gasteiger partial charge in [-0.05, 0) is 28.1 Å². The summed E-state index contributed by atoms with van der Waals surface area (Å²) in [5.41, 5.74) is 1.67. The van der Waals surface area contributed by atoms with Crippen molar-refractivity contribution < 1.29 is 0 Å². The summed E-state index contributed by atoms with van der Waals surface area (Å²) >= 11 is 3.49. The zero-order valence-corrected chi connectivity index (χ0v) is 12.5. The summed E-state index contributed by atoms with van der Waals surface area (Å²) in [5, 5.41) is 9.19. The van der Waals surface area contributed by atoms with Crippen molar-refractivity contribution in [3.63, 3.8) is 0 Å². The van der Waals surface area contributed by atoms with Gasteiger partial charge in [0, 0.05) is 17.7 Å². The van der Waals surface area contributed by atoms with Gasteiger partial charge in [0.2, 0.25) is 0 Å². The fourth-order valence-electron chi connectivity index (χ4n) is 2.30. The van der Waals surface area contributed by atoms with Crippen LogP contribution < -0.4 is 5.69 Å². The van der Waals surface area contributed by atoms with Crippen LogP contribution in [-0.2, 0) is 7.05 Å². The maximum absolute atomic E-state index is 12.1. The SMILES string of the molecule is Cn1cc(-c2nc3c4c(Br)cccc4[nH]c(=O)n3n2)cn1. The molecule has 0 aliphatic rings. The quantitative estimate of drug-likeness (QED) is 0.570. The molecule has 3 aromatic heterocycles. The van der Waals surface area contributed by atoms with E-state index in [1.165, 1.54) is 4.52 Å². The third-order valence-corrected chi connectivity index (χ3v) is 3.90. The van der Waals surface area contributed by atoms with Gasteiger partial charge in [0.05, 0.1) is 22.7 Å². The van der Waals surface area contributed by atoms with E-state index in [0.717, 1.165) is 15.4 Å².